The molecule has 0 aliphatic carbocycles. The average molecular weight is 371 g/mol. The molecule has 0 atom stereocenters. The summed E-state index contributed by atoms with van der Waals surface area (Å²) in [5.74, 6) is 2.15. The van der Waals surface area contributed by atoms with Gasteiger partial charge in [-0.15, -0.1) is 0 Å². The van der Waals surface area contributed by atoms with E-state index in [-0.39, 0.29) is 4.75 Å². The average Bonchev–Trinajstić information content (AvgIpc) is 2.63. The normalized spacial score (nSPS) is 22.8. The van der Waals surface area contributed by atoms with E-state index in [1.807, 2.05) is 0 Å². The summed E-state index contributed by atoms with van der Waals surface area (Å²) in [6.07, 6.45) is 5.91. The highest BCUT2D eigenvalue weighted by Gasteiger charge is 2.32. The number of aliphatic imine (C=N–C) groups is 1. The smallest absolute Gasteiger partial charge is 0.191 e. The fourth-order valence-corrected chi connectivity index (χ4v) is 4.97. The van der Waals surface area contributed by atoms with Crippen molar-refractivity contribution in [3.8, 4) is 0 Å². The van der Waals surface area contributed by atoms with Gasteiger partial charge in [-0.1, -0.05) is 13.8 Å². The van der Waals surface area contributed by atoms with Crippen LogP contribution in [0, 0.1) is 0 Å². The highest BCUT2D eigenvalue weighted by atomic mass is 32.2. The molecular formula is C19H38N4OS. The first kappa shape index (κ1) is 20.8. The Bertz CT molecular complexity index is 385. The zero-order valence-corrected chi connectivity index (χ0v) is 17.3. The summed E-state index contributed by atoms with van der Waals surface area (Å²) in [5.41, 5.74) is 0. The molecule has 0 spiro atoms. The van der Waals surface area contributed by atoms with Crippen molar-refractivity contribution in [3.05, 3.63) is 0 Å². The number of rotatable bonds is 8. The van der Waals surface area contributed by atoms with Crippen molar-refractivity contribution in [2.75, 3.05) is 51.7 Å². The molecule has 0 bridgehead atoms. The summed E-state index contributed by atoms with van der Waals surface area (Å²) in [6.45, 7) is 13.9. The summed E-state index contributed by atoms with van der Waals surface area (Å²) in [6, 6.07) is 0.551. The van der Waals surface area contributed by atoms with Gasteiger partial charge in [-0.05, 0) is 51.3 Å². The molecule has 2 heterocycles. The van der Waals surface area contributed by atoms with E-state index in [9.17, 15) is 0 Å². The van der Waals surface area contributed by atoms with Crippen molar-refractivity contribution in [1.82, 2.24) is 15.5 Å². The molecule has 5 nitrogen and oxygen atoms in total. The van der Waals surface area contributed by atoms with Crippen LogP contribution in [0.5, 0.6) is 0 Å². The maximum absolute atomic E-state index is 5.58. The van der Waals surface area contributed by atoms with Crippen LogP contribution in [0.15, 0.2) is 4.99 Å². The van der Waals surface area contributed by atoms with E-state index in [1.165, 1.54) is 38.9 Å². The molecule has 2 saturated heterocycles. The SMILES string of the molecule is CCCN1CCC(NC(=NCC2(SCC)CCOCC2)NCC)CC1. The van der Waals surface area contributed by atoms with Crippen LogP contribution in [0.2, 0.25) is 0 Å². The van der Waals surface area contributed by atoms with Gasteiger partial charge in [0.05, 0.1) is 6.54 Å². The third kappa shape index (κ3) is 6.99. The monoisotopic (exact) mass is 370 g/mol. The van der Waals surface area contributed by atoms with Crippen LogP contribution in [0.25, 0.3) is 0 Å². The Morgan fingerprint density at radius 2 is 1.92 bits per heavy atom. The second-order valence-corrected chi connectivity index (χ2v) is 8.92. The lowest BCUT2D eigenvalue weighted by Crippen LogP contribution is -2.49. The lowest BCUT2D eigenvalue weighted by molar-refractivity contribution is 0.0793. The van der Waals surface area contributed by atoms with E-state index in [2.05, 4.69) is 48.1 Å². The van der Waals surface area contributed by atoms with Crippen molar-refractivity contribution in [3.63, 3.8) is 0 Å². The minimum Gasteiger partial charge on any atom is -0.381 e. The first-order valence-electron chi connectivity index (χ1n) is 10.2. The molecule has 2 aliphatic heterocycles. The van der Waals surface area contributed by atoms with Gasteiger partial charge in [0.15, 0.2) is 5.96 Å². The largest absolute Gasteiger partial charge is 0.381 e. The summed E-state index contributed by atoms with van der Waals surface area (Å²) in [7, 11) is 0. The number of hydrogen-bond acceptors (Lipinski definition) is 4. The molecule has 0 aromatic heterocycles. The second-order valence-electron chi connectivity index (χ2n) is 7.18. The van der Waals surface area contributed by atoms with E-state index >= 15 is 0 Å². The Morgan fingerprint density at radius 1 is 1.20 bits per heavy atom. The minimum absolute atomic E-state index is 0.264. The molecular weight excluding hydrogens is 332 g/mol. The van der Waals surface area contributed by atoms with Crippen molar-refractivity contribution in [2.45, 2.75) is 63.7 Å². The molecule has 0 radical (unpaired) electrons. The maximum atomic E-state index is 5.58. The number of thioether (sulfide) groups is 1. The lowest BCUT2D eigenvalue weighted by Gasteiger charge is -2.36. The predicted octanol–water partition coefficient (Wildman–Crippen LogP) is 2.72. The standard InChI is InChI=1S/C19H38N4OS/c1-4-11-23-12-7-17(8-13-23)22-18(20-5-2)21-16-19(25-6-3)9-14-24-15-10-19/h17H,4-16H2,1-3H3,(H2,20,21,22). The van der Waals surface area contributed by atoms with E-state index < -0.39 is 0 Å². The topological polar surface area (TPSA) is 48.9 Å². The summed E-state index contributed by atoms with van der Waals surface area (Å²) in [5, 5.41) is 7.14. The summed E-state index contributed by atoms with van der Waals surface area (Å²) in [4.78, 5) is 7.56. The van der Waals surface area contributed by atoms with Gasteiger partial charge in [-0.2, -0.15) is 11.8 Å². The fraction of sp³-hybridized carbons (Fsp3) is 0.947. The third-order valence-corrected chi connectivity index (χ3v) is 6.63. The molecule has 2 aliphatic rings. The number of nitrogens with zero attached hydrogens (tertiary/aromatic N) is 2. The molecule has 25 heavy (non-hydrogen) atoms. The molecule has 2 rings (SSSR count). The van der Waals surface area contributed by atoms with Crippen LogP contribution in [0.4, 0.5) is 0 Å². The number of guanidine groups is 1. The molecule has 0 unspecified atom stereocenters. The molecule has 6 heteroatoms. The van der Waals surface area contributed by atoms with Crippen LogP contribution in [-0.4, -0.2) is 73.3 Å². The summed E-state index contributed by atoms with van der Waals surface area (Å²) < 4.78 is 5.84. The van der Waals surface area contributed by atoms with Crippen molar-refractivity contribution >= 4 is 17.7 Å². The minimum atomic E-state index is 0.264. The Hall–Kier alpha value is -0.460. The molecule has 0 amide bonds. The Kier molecular flexibility index (Phi) is 9.42. The summed E-state index contributed by atoms with van der Waals surface area (Å²) >= 11 is 2.06. The van der Waals surface area contributed by atoms with Gasteiger partial charge in [-0.25, -0.2) is 0 Å². The van der Waals surface area contributed by atoms with E-state index in [1.54, 1.807) is 0 Å². The number of ether oxygens (including phenoxy) is 1. The van der Waals surface area contributed by atoms with Crippen LogP contribution >= 0.6 is 11.8 Å². The second kappa shape index (κ2) is 11.3. The predicted molar refractivity (Wildman–Crippen MR) is 110 cm³/mol. The van der Waals surface area contributed by atoms with Gasteiger partial charge in [0.25, 0.3) is 0 Å². The van der Waals surface area contributed by atoms with Gasteiger partial charge >= 0.3 is 0 Å². The van der Waals surface area contributed by atoms with E-state index in [0.717, 1.165) is 50.9 Å². The number of piperidine rings is 1. The van der Waals surface area contributed by atoms with Gasteiger partial charge in [0.2, 0.25) is 0 Å². The molecule has 0 aromatic carbocycles. The first-order chi connectivity index (χ1) is 12.2. The molecule has 146 valence electrons. The highest BCUT2D eigenvalue weighted by molar-refractivity contribution is 8.00. The third-order valence-electron chi connectivity index (χ3n) is 5.19. The van der Waals surface area contributed by atoms with Gasteiger partial charge in [0.1, 0.15) is 0 Å². The van der Waals surface area contributed by atoms with E-state index in [4.69, 9.17) is 9.73 Å². The van der Waals surface area contributed by atoms with Crippen molar-refractivity contribution in [1.29, 1.82) is 0 Å². The number of nitrogens with one attached hydrogen (secondary N) is 2. The Balaban J connectivity index is 1.89. The Morgan fingerprint density at radius 3 is 2.52 bits per heavy atom. The zero-order chi connectivity index (χ0) is 18.0. The van der Waals surface area contributed by atoms with E-state index in [0.29, 0.717) is 6.04 Å². The maximum Gasteiger partial charge on any atom is 0.191 e. The molecule has 0 saturated carbocycles. The molecule has 2 N–H and O–H groups in total. The molecule has 0 aromatic rings. The van der Waals surface area contributed by atoms with Crippen LogP contribution in [0.1, 0.15) is 52.9 Å². The van der Waals surface area contributed by atoms with Crippen molar-refractivity contribution in [2.24, 2.45) is 4.99 Å². The zero-order valence-electron chi connectivity index (χ0n) is 16.5. The van der Waals surface area contributed by atoms with Gasteiger partial charge < -0.3 is 20.3 Å². The van der Waals surface area contributed by atoms with Crippen molar-refractivity contribution < 1.29 is 4.74 Å². The Labute approximate surface area is 158 Å². The number of hydrogen-bond donors (Lipinski definition) is 2. The van der Waals surface area contributed by atoms with Crippen LogP contribution in [0.3, 0.4) is 0 Å². The number of likely N-dealkylation sites (tertiary alicyclic amines) is 1. The molecule has 2 fully saturated rings. The van der Waals surface area contributed by atoms with Crippen LogP contribution < -0.4 is 10.6 Å². The highest BCUT2D eigenvalue weighted by Crippen LogP contribution is 2.35. The van der Waals surface area contributed by atoms with Gasteiger partial charge in [0, 0.05) is 43.6 Å². The van der Waals surface area contributed by atoms with Crippen LogP contribution in [-0.2, 0) is 4.74 Å². The van der Waals surface area contributed by atoms with Gasteiger partial charge in [-0.3, -0.25) is 4.99 Å². The quantitative estimate of drug-likeness (QED) is 0.508. The fourth-order valence-electron chi connectivity index (χ4n) is 3.75. The lowest BCUT2D eigenvalue weighted by atomic mass is 9.99. The first-order valence-corrected chi connectivity index (χ1v) is 11.2.